The molecule has 1 nitrogen and oxygen atoms in total. The van der Waals surface area contributed by atoms with Gasteiger partial charge in [0, 0.05) is 11.6 Å². The Morgan fingerprint density at radius 1 is 0.800 bits per heavy atom. The normalized spacial score (nSPS) is 10.7. The Bertz CT molecular complexity index is 844. The first kappa shape index (κ1) is 17.2. The van der Waals surface area contributed by atoms with E-state index in [-0.39, 0.29) is 0 Å². The molecular formula is C22H20F2O. The standard InChI is InChI=1S/C22H20F2O/c1-2-3-13-25-18-10-12-20(22(24)15-18)21-14-17(23)9-11-19(21)16-7-5-4-6-8-16/h4-12,14-15H,2-3,13H2,1H3. The van der Waals surface area contributed by atoms with E-state index >= 15 is 0 Å². The van der Waals surface area contributed by atoms with E-state index in [4.69, 9.17) is 4.74 Å². The molecular weight excluding hydrogens is 318 g/mol. The van der Waals surface area contributed by atoms with E-state index in [1.165, 1.54) is 18.2 Å². The van der Waals surface area contributed by atoms with Gasteiger partial charge in [-0.1, -0.05) is 49.7 Å². The van der Waals surface area contributed by atoms with E-state index in [9.17, 15) is 8.78 Å². The van der Waals surface area contributed by atoms with Gasteiger partial charge in [-0.3, -0.25) is 0 Å². The molecule has 0 aliphatic rings. The second kappa shape index (κ2) is 7.93. The van der Waals surface area contributed by atoms with Crippen LogP contribution >= 0.6 is 0 Å². The Labute approximate surface area is 146 Å². The van der Waals surface area contributed by atoms with Gasteiger partial charge < -0.3 is 4.74 Å². The number of hydrogen-bond donors (Lipinski definition) is 0. The molecule has 0 aliphatic carbocycles. The minimum atomic E-state index is -0.420. The van der Waals surface area contributed by atoms with Crippen LogP contribution in [-0.2, 0) is 0 Å². The van der Waals surface area contributed by atoms with Crippen LogP contribution in [0.3, 0.4) is 0 Å². The van der Waals surface area contributed by atoms with Crippen molar-refractivity contribution >= 4 is 0 Å². The van der Waals surface area contributed by atoms with E-state index < -0.39 is 11.6 Å². The van der Waals surface area contributed by atoms with Crippen LogP contribution in [0.5, 0.6) is 5.75 Å². The summed E-state index contributed by atoms with van der Waals surface area (Å²) in [6, 6.07) is 18.8. The van der Waals surface area contributed by atoms with E-state index in [0.717, 1.165) is 24.0 Å². The number of unbranched alkanes of at least 4 members (excludes halogenated alkanes) is 1. The van der Waals surface area contributed by atoms with Gasteiger partial charge in [-0.05, 0) is 47.4 Å². The van der Waals surface area contributed by atoms with Gasteiger partial charge in [0.2, 0.25) is 0 Å². The number of benzene rings is 3. The maximum Gasteiger partial charge on any atom is 0.134 e. The van der Waals surface area contributed by atoms with E-state index in [1.807, 2.05) is 30.3 Å². The molecule has 0 saturated carbocycles. The highest BCUT2D eigenvalue weighted by atomic mass is 19.1. The predicted octanol–water partition coefficient (Wildman–Crippen LogP) is 6.48. The largest absolute Gasteiger partial charge is 0.493 e. The van der Waals surface area contributed by atoms with Crippen LogP contribution in [0.1, 0.15) is 19.8 Å². The van der Waals surface area contributed by atoms with Crippen molar-refractivity contribution in [2.75, 3.05) is 6.61 Å². The summed E-state index contributed by atoms with van der Waals surface area (Å²) in [5, 5.41) is 0. The summed E-state index contributed by atoms with van der Waals surface area (Å²) in [6.07, 6.45) is 1.94. The number of ether oxygens (including phenoxy) is 1. The quantitative estimate of drug-likeness (QED) is 0.468. The summed E-state index contributed by atoms with van der Waals surface area (Å²) in [7, 11) is 0. The fourth-order valence-electron chi connectivity index (χ4n) is 2.75. The molecule has 128 valence electrons. The van der Waals surface area contributed by atoms with E-state index in [2.05, 4.69) is 6.92 Å². The molecule has 0 spiro atoms. The Morgan fingerprint density at radius 2 is 1.56 bits per heavy atom. The summed E-state index contributed by atoms with van der Waals surface area (Å²) >= 11 is 0. The fraction of sp³-hybridized carbons (Fsp3) is 0.182. The van der Waals surface area contributed by atoms with Crippen molar-refractivity contribution in [3.8, 4) is 28.0 Å². The highest BCUT2D eigenvalue weighted by Crippen LogP contribution is 2.35. The van der Waals surface area contributed by atoms with Crippen molar-refractivity contribution in [3.63, 3.8) is 0 Å². The lowest BCUT2D eigenvalue weighted by atomic mass is 9.94. The third-order valence-electron chi connectivity index (χ3n) is 4.06. The molecule has 3 heteroatoms. The Balaban J connectivity index is 2.00. The van der Waals surface area contributed by atoms with E-state index in [1.54, 1.807) is 18.2 Å². The molecule has 25 heavy (non-hydrogen) atoms. The highest BCUT2D eigenvalue weighted by Gasteiger charge is 2.13. The number of rotatable bonds is 6. The molecule has 0 amide bonds. The molecule has 0 aromatic heterocycles. The molecule has 0 saturated heterocycles. The lowest BCUT2D eigenvalue weighted by molar-refractivity contribution is 0.308. The van der Waals surface area contributed by atoms with Crippen molar-refractivity contribution in [2.45, 2.75) is 19.8 Å². The average Bonchev–Trinajstić information content (AvgIpc) is 2.63. The van der Waals surface area contributed by atoms with Crippen molar-refractivity contribution < 1.29 is 13.5 Å². The van der Waals surface area contributed by atoms with Crippen LogP contribution in [0, 0.1) is 11.6 Å². The topological polar surface area (TPSA) is 9.23 Å². The first-order valence-electron chi connectivity index (χ1n) is 8.46. The van der Waals surface area contributed by atoms with Gasteiger partial charge in [-0.25, -0.2) is 8.78 Å². The van der Waals surface area contributed by atoms with Crippen molar-refractivity contribution in [2.24, 2.45) is 0 Å². The molecule has 0 bridgehead atoms. The minimum Gasteiger partial charge on any atom is -0.493 e. The van der Waals surface area contributed by atoms with Crippen LogP contribution in [0.4, 0.5) is 8.78 Å². The monoisotopic (exact) mass is 338 g/mol. The van der Waals surface area contributed by atoms with Gasteiger partial charge >= 0.3 is 0 Å². The molecule has 0 radical (unpaired) electrons. The van der Waals surface area contributed by atoms with Crippen LogP contribution in [0.15, 0.2) is 66.7 Å². The van der Waals surface area contributed by atoms with Crippen molar-refractivity contribution in [1.82, 2.24) is 0 Å². The maximum absolute atomic E-state index is 14.7. The SMILES string of the molecule is CCCCOc1ccc(-c2cc(F)ccc2-c2ccccc2)c(F)c1. The third-order valence-corrected chi connectivity index (χ3v) is 4.06. The Kier molecular flexibility index (Phi) is 5.44. The van der Waals surface area contributed by atoms with Gasteiger partial charge in [0.15, 0.2) is 0 Å². The molecule has 0 atom stereocenters. The van der Waals surface area contributed by atoms with Gasteiger partial charge in [0.05, 0.1) is 6.61 Å². The zero-order valence-electron chi connectivity index (χ0n) is 14.1. The van der Waals surface area contributed by atoms with Gasteiger partial charge in [-0.2, -0.15) is 0 Å². The smallest absolute Gasteiger partial charge is 0.134 e. The molecule has 3 rings (SSSR count). The van der Waals surface area contributed by atoms with Crippen LogP contribution in [0.25, 0.3) is 22.3 Å². The summed E-state index contributed by atoms with van der Waals surface area (Å²) < 4.78 is 34.0. The lowest BCUT2D eigenvalue weighted by Gasteiger charge is -2.13. The second-order valence-corrected chi connectivity index (χ2v) is 5.90. The fourth-order valence-corrected chi connectivity index (χ4v) is 2.75. The second-order valence-electron chi connectivity index (χ2n) is 5.90. The molecule has 0 N–H and O–H groups in total. The van der Waals surface area contributed by atoms with Crippen LogP contribution in [-0.4, -0.2) is 6.61 Å². The zero-order chi connectivity index (χ0) is 17.6. The highest BCUT2D eigenvalue weighted by molar-refractivity contribution is 5.83. The summed E-state index contributed by atoms with van der Waals surface area (Å²) in [5.41, 5.74) is 2.60. The molecule has 3 aromatic rings. The lowest BCUT2D eigenvalue weighted by Crippen LogP contribution is -1.97. The van der Waals surface area contributed by atoms with Gasteiger partial charge in [0.25, 0.3) is 0 Å². The molecule has 0 aliphatic heterocycles. The van der Waals surface area contributed by atoms with E-state index in [0.29, 0.717) is 23.5 Å². The molecule has 0 unspecified atom stereocenters. The van der Waals surface area contributed by atoms with Gasteiger partial charge in [-0.15, -0.1) is 0 Å². The van der Waals surface area contributed by atoms with Gasteiger partial charge in [0.1, 0.15) is 17.4 Å². The number of hydrogen-bond acceptors (Lipinski definition) is 1. The minimum absolute atomic E-state index is 0.362. The first-order chi connectivity index (χ1) is 12.2. The summed E-state index contributed by atoms with van der Waals surface area (Å²) in [5.74, 6) is -0.318. The first-order valence-corrected chi connectivity index (χ1v) is 8.46. The van der Waals surface area contributed by atoms with Crippen molar-refractivity contribution in [1.29, 1.82) is 0 Å². The molecule has 0 fully saturated rings. The predicted molar refractivity (Wildman–Crippen MR) is 97.6 cm³/mol. The Hall–Kier alpha value is -2.68. The average molecular weight is 338 g/mol. The zero-order valence-corrected chi connectivity index (χ0v) is 14.1. The maximum atomic E-state index is 14.7. The molecule has 0 heterocycles. The number of halogens is 2. The van der Waals surface area contributed by atoms with Crippen LogP contribution < -0.4 is 4.74 Å². The van der Waals surface area contributed by atoms with Crippen LogP contribution in [0.2, 0.25) is 0 Å². The third kappa shape index (κ3) is 4.05. The Morgan fingerprint density at radius 3 is 2.28 bits per heavy atom. The van der Waals surface area contributed by atoms with Crippen molar-refractivity contribution in [3.05, 3.63) is 78.4 Å². The summed E-state index contributed by atoms with van der Waals surface area (Å²) in [6.45, 7) is 2.63. The summed E-state index contributed by atoms with van der Waals surface area (Å²) in [4.78, 5) is 0. The molecule has 3 aromatic carbocycles.